The van der Waals surface area contributed by atoms with Gasteiger partial charge in [-0.2, -0.15) is 0 Å². The average Bonchev–Trinajstić information content (AvgIpc) is 3.01. The number of carbonyl (C=O) groups is 2. The fraction of sp³-hybridized carbons (Fsp3) is 0.381. The van der Waals surface area contributed by atoms with Gasteiger partial charge >= 0.3 is 6.09 Å². The summed E-state index contributed by atoms with van der Waals surface area (Å²) in [5.41, 5.74) is 0.806. The van der Waals surface area contributed by atoms with Gasteiger partial charge in [0.05, 0.1) is 29.9 Å². The number of nitrogens with zero attached hydrogens (tertiary/aromatic N) is 2. The molecular weight excluding hydrogens is 377 g/mol. The quantitative estimate of drug-likeness (QED) is 0.825. The standard InChI is InChI=1S/C21H24FN3O4/c1-21(2,3)29-20(28)25-11-17(18(26)12-25)24-19(27)14-7-8-16(23-10-14)13-5-4-6-15(22)9-13/h4-10,17-18,26H,11-12H2,1-3H3,(H,24,27)/t17-,18+/m1/s1. The van der Waals surface area contributed by atoms with E-state index in [0.29, 0.717) is 16.8 Å². The fourth-order valence-corrected chi connectivity index (χ4v) is 3.00. The van der Waals surface area contributed by atoms with Crippen molar-refractivity contribution < 1.29 is 23.8 Å². The Morgan fingerprint density at radius 1 is 1.24 bits per heavy atom. The van der Waals surface area contributed by atoms with Gasteiger partial charge < -0.3 is 20.1 Å². The summed E-state index contributed by atoms with van der Waals surface area (Å²) >= 11 is 0. The number of halogens is 1. The van der Waals surface area contributed by atoms with Gasteiger partial charge in [0.15, 0.2) is 0 Å². The maximum Gasteiger partial charge on any atom is 0.410 e. The number of aliphatic hydroxyl groups excluding tert-OH is 1. The molecule has 2 atom stereocenters. The summed E-state index contributed by atoms with van der Waals surface area (Å²) in [7, 11) is 0. The van der Waals surface area contributed by atoms with E-state index >= 15 is 0 Å². The number of nitrogens with one attached hydrogen (secondary N) is 1. The number of benzene rings is 1. The molecule has 2 N–H and O–H groups in total. The predicted molar refractivity (Wildman–Crippen MR) is 105 cm³/mol. The van der Waals surface area contributed by atoms with Crippen molar-refractivity contribution in [1.29, 1.82) is 0 Å². The normalized spacial score (nSPS) is 19.1. The summed E-state index contributed by atoms with van der Waals surface area (Å²) in [5, 5.41) is 12.9. The highest BCUT2D eigenvalue weighted by Crippen LogP contribution is 2.19. The molecule has 1 fully saturated rings. The Labute approximate surface area is 168 Å². The van der Waals surface area contributed by atoms with E-state index in [1.165, 1.54) is 23.2 Å². The lowest BCUT2D eigenvalue weighted by Gasteiger charge is -2.24. The smallest absolute Gasteiger partial charge is 0.410 e. The van der Waals surface area contributed by atoms with Gasteiger partial charge in [0.25, 0.3) is 5.91 Å². The molecule has 2 amide bonds. The molecule has 3 rings (SSSR count). The highest BCUT2D eigenvalue weighted by Gasteiger charge is 2.37. The topological polar surface area (TPSA) is 91.8 Å². The lowest BCUT2D eigenvalue weighted by molar-refractivity contribution is 0.0269. The maximum atomic E-state index is 13.4. The van der Waals surface area contributed by atoms with Crippen molar-refractivity contribution >= 4 is 12.0 Å². The van der Waals surface area contributed by atoms with Gasteiger partial charge in [-0.1, -0.05) is 12.1 Å². The van der Waals surface area contributed by atoms with Crippen LogP contribution in [-0.2, 0) is 4.74 Å². The van der Waals surface area contributed by atoms with Gasteiger partial charge in [0.1, 0.15) is 11.4 Å². The molecule has 0 bridgehead atoms. The zero-order valence-electron chi connectivity index (χ0n) is 16.6. The maximum absolute atomic E-state index is 13.4. The van der Waals surface area contributed by atoms with Gasteiger partial charge in [-0.15, -0.1) is 0 Å². The van der Waals surface area contributed by atoms with E-state index in [0.717, 1.165) is 0 Å². The summed E-state index contributed by atoms with van der Waals surface area (Å²) in [6, 6.07) is 8.62. The minimum absolute atomic E-state index is 0.0800. The van der Waals surface area contributed by atoms with E-state index in [1.54, 1.807) is 45.0 Å². The third-order valence-electron chi connectivity index (χ3n) is 4.40. The third-order valence-corrected chi connectivity index (χ3v) is 4.40. The molecule has 1 aromatic heterocycles. The summed E-state index contributed by atoms with van der Waals surface area (Å²) in [4.78, 5) is 30.2. The second-order valence-electron chi connectivity index (χ2n) is 7.98. The van der Waals surface area contributed by atoms with E-state index in [2.05, 4.69) is 10.3 Å². The minimum Gasteiger partial charge on any atom is -0.444 e. The SMILES string of the molecule is CC(C)(C)OC(=O)N1C[C@H](O)[C@H](NC(=O)c2ccc(-c3cccc(F)c3)nc2)C1. The molecule has 0 saturated carbocycles. The Morgan fingerprint density at radius 3 is 2.62 bits per heavy atom. The van der Waals surface area contributed by atoms with Crippen LogP contribution in [0.25, 0.3) is 11.3 Å². The van der Waals surface area contributed by atoms with Crippen LogP contribution in [0.15, 0.2) is 42.6 Å². The number of rotatable bonds is 3. The van der Waals surface area contributed by atoms with Crippen LogP contribution in [0.3, 0.4) is 0 Å². The van der Waals surface area contributed by atoms with Crippen LogP contribution >= 0.6 is 0 Å². The largest absolute Gasteiger partial charge is 0.444 e. The lowest BCUT2D eigenvalue weighted by Crippen LogP contribution is -2.43. The van der Waals surface area contributed by atoms with Gasteiger partial charge in [0, 0.05) is 18.3 Å². The Hall–Kier alpha value is -3.00. The molecule has 0 aliphatic carbocycles. The second kappa shape index (κ2) is 8.16. The summed E-state index contributed by atoms with van der Waals surface area (Å²) in [5.74, 6) is -0.783. The first-order valence-corrected chi connectivity index (χ1v) is 9.31. The molecule has 7 nitrogen and oxygen atoms in total. The number of β-amino-alcohol motifs (C(OH)–C–C–N with tert-alkyl or cyclic N) is 1. The van der Waals surface area contributed by atoms with Crippen molar-refractivity contribution in [1.82, 2.24) is 15.2 Å². The van der Waals surface area contributed by atoms with Gasteiger partial charge in [-0.3, -0.25) is 9.78 Å². The zero-order chi connectivity index (χ0) is 21.2. The van der Waals surface area contributed by atoms with E-state index in [-0.39, 0.29) is 18.9 Å². The van der Waals surface area contributed by atoms with Gasteiger partial charge in [-0.05, 0) is 45.0 Å². The van der Waals surface area contributed by atoms with E-state index in [1.807, 2.05) is 0 Å². The third kappa shape index (κ3) is 5.29. The van der Waals surface area contributed by atoms with Crippen LogP contribution in [0.5, 0.6) is 0 Å². The number of pyridine rings is 1. The van der Waals surface area contributed by atoms with Crippen molar-refractivity contribution in [3.05, 3.63) is 54.0 Å². The number of hydrogen-bond acceptors (Lipinski definition) is 5. The first-order chi connectivity index (χ1) is 13.6. The molecule has 2 aromatic rings. The number of carbonyl (C=O) groups excluding carboxylic acids is 2. The van der Waals surface area contributed by atoms with Gasteiger partial charge in [0.2, 0.25) is 0 Å². The van der Waals surface area contributed by atoms with Crippen LogP contribution in [0.2, 0.25) is 0 Å². The number of ether oxygens (including phenoxy) is 1. The molecule has 1 aliphatic heterocycles. The number of aliphatic hydroxyl groups is 1. The molecule has 0 unspecified atom stereocenters. The van der Waals surface area contributed by atoms with Gasteiger partial charge in [-0.25, -0.2) is 9.18 Å². The van der Waals surface area contributed by atoms with Crippen molar-refractivity contribution in [2.45, 2.75) is 38.5 Å². The molecule has 2 heterocycles. The highest BCUT2D eigenvalue weighted by atomic mass is 19.1. The number of hydrogen-bond donors (Lipinski definition) is 2. The van der Waals surface area contributed by atoms with Crippen molar-refractivity contribution in [3.63, 3.8) is 0 Å². The Morgan fingerprint density at radius 2 is 2.00 bits per heavy atom. The molecule has 1 saturated heterocycles. The lowest BCUT2D eigenvalue weighted by atomic mass is 10.1. The molecule has 8 heteroatoms. The zero-order valence-corrected chi connectivity index (χ0v) is 16.6. The van der Waals surface area contributed by atoms with Crippen LogP contribution in [-0.4, -0.2) is 57.8 Å². The number of amides is 2. The molecule has 0 radical (unpaired) electrons. The van der Waals surface area contributed by atoms with E-state index < -0.39 is 29.7 Å². The molecule has 0 spiro atoms. The summed E-state index contributed by atoms with van der Waals surface area (Å²) in [6.07, 6.45) is -0.0388. The summed E-state index contributed by atoms with van der Waals surface area (Å²) in [6.45, 7) is 5.51. The first-order valence-electron chi connectivity index (χ1n) is 9.31. The molecule has 154 valence electrons. The van der Waals surface area contributed by atoms with Crippen molar-refractivity contribution in [2.24, 2.45) is 0 Å². The monoisotopic (exact) mass is 401 g/mol. The van der Waals surface area contributed by atoms with Crippen molar-refractivity contribution in [2.75, 3.05) is 13.1 Å². The summed E-state index contributed by atoms with van der Waals surface area (Å²) < 4.78 is 18.6. The van der Waals surface area contributed by atoms with Crippen LogP contribution in [0, 0.1) is 5.82 Å². The Bertz CT molecular complexity index is 896. The van der Waals surface area contributed by atoms with E-state index in [9.17, 15) is 19.1 Å². The second-order valence-corrected chi connectivity index (χ2v) is 7.98. The average molecular weight is 401 g/mol. The van der Waals surface area contributed by atoms with Crippen LogP contribution in [0.4, 0.5) is 9.18 Å². The molecule has 1 aromatic carbocycles. The Balaban J connectivity index is 1.62. The Kier molecular flexibility index (Phi) is 5.83. The molecule has 29 heavy (non-hydrogen) atoms. The highest BCUT2D eigenvalue weighted by molar-refractivity contribution is 5.94. The van der Waals surface area contributed by atoms with Crippen LogP contribution < -0.4 is 5.32 Å². The molecule has 1 aliphatic rings. The predicted octanol–water partition coefficient (Wildman–Crippen LogP) is 2.60. The van der Waals surface area contributed by atoms with Crippen LogP contribution in [0.1, 0.15) is 31.1 Å². The molecular formula is C21H24FN3O4. The van der Waals surface area contributed by atoms with E-state index in [4.69, 9.17) is 4.74 Å². The first kappa shape index (κ1) is 20.7. The fourth-order valence-electron chi connectivity index (χ4n) is 3.00. The van der Waals surface area contributed by atoms with Crippen molar-refractivity contribution in [3.8, 4) is 11.3 Å². The minimum atomic E-state index is -0.897. The number of aromatic nitrogens is 1. The number of likely N-dealkylation sites (tertiary alicyclic amines) is 1.